The molecule has 2 nitrogen and oxygen atoms in total. The minimum atomic E-state index is 0.755. The first-order chi connectivity index (χ1) is 7.29. The standard InChI is InChI=1S/C13H26N2/c1-3-15(9-12-5-4-6-12)10-13-11(2)7-8-14-13/h11-14H,3-10H2,1-2H3. The van der Waals surface area contributed by atoms with E-state index in [1.54, 1.807) is 0 Å². The monoisotopic (exact) mass is 210 g/mol. The van der Waals surface area contributed by atoms with Crippen LogP contribution in [-0.4, -0.2) is 37.1 Å². The third-order valence-electron chi connectivity index (χ3n) is 4.34. The normalized spacial score (nSPS) is 32.2. The van der Waals surface area contributed by atoms with Crippen LogP contribution in [0.5, 0.6) is 0 Å². The van der Waals surface area contributed by atoms with E-state index < -0.39 is 0 Å². The van der Waals surface area contributed by atoms with Crippen molar-refractivity contribution in [2.45, 2.75) is 45.6 Å². The van der Waals surface area contributed by atoms with Crippen LogP contribution in [0.4, 0.5) is 0 Å². The summed E-state index contributed by atoms with van der Waals surface area (Å²) in [4.78, 5) is 2.66. The van der Waals surface area contributed by atoms with E-state index in [2.05, 4.69) is 24.1 Å². The van der Waals surface area contributed by atoms with Crippen LogP contribution < -0.4 is 5.32 Å². The molecular formula is C13H26N2. The molecule has 2 fully saturated rings. The summed E-state index contributed by atoms with van der Waals surface area (Å²) in [5.74, 6) is 1.89. The SMILES string of the molecule is CCN(CC1CCC1)CC1NCCC1C. The van der Waals surface area contributed by atoms with Gasteiger partial charge < -0.3 is 10.2 Å². The van der Waals surface area contributed by atoms with Gasteiger partial charge in [-0.25, -0.2) is 0 Å². The Morgan fingerprint density at radius 2 is 2.00 bits per heavy atom. The molecule has 0 aromatic heterocycles. The number of hydrogen-bond donors (Lipinski definition) is 1. The second kappa shape index (κ2) is 5.31. The molecule has 1 saturated heterocycles. The highest BCUT2D eigenvalue weighted by molar-refractivity contribution is 4.84. The Labute approximate surface area is 94.4 Å². The van der Waals surface area contributed by atoms with Gasteiger partial charge in [-0.2, -0.15) is 0 Å². The van der Waals surface area contributed by atoms with Gasteiger partial charge >= 0.3 is 0 Å². The van der Waals surface area contributed by atoms with Crippen LogP contribution >= 0.6 is 0 Å². The maximum Gasteiger partial charge on any atom is 0.0221 e. The molecule has 0 bridgehead atoms. The predicted molar refractivity (Wildman–Crippen MR) is 65.0 cm³/mol. The molecule has 0 aromatic rings. The van der Waals surface area contributed by atoms with Gasteiger partial charge in [0.2, 0.25) is 0 Å². The minimum Gasteiger partial charge on any atom is -0.312 e. The fourth-order valence-electron chi connectivity index (χ4n) is 2.79. The van der Waals surface area contributed by atoms with E-state index in [4.69, 9.17) is 0 Å². The zero-order valence-corrected chi connectivity index (χ0v) is 10.3. The molecule has 2 unspecified atom stereocenters. The second-order valence-corrected chi connectivity index (χ2v) is 5.48. The van der Waals surface area contributed by atoms with Crippen LogP contribution in [0.1, 0.15) is 39.5 Å². The van der Waals surface area contributed by atoms with E-state index in [9.17, 15) is 0 Å². The summed E-state index contributed by atoms with van der Waals surface area (Å²) in [6, 6.07) is 0.755. The van der Waals surface area contributed by atoms with Gasteiger partial charge in [-0.1, -0.05) is 20.3 Å². The summed E-state index contributed by atoms with van der Waals surface area (Å²) >= 11 is 0. The second-order valence-electron chi connectivity index (χ2n) is 5.48. The first-order valence-corrected chi connectivity index (χ1v) is 6.75. The van der Waals surface area contributed by atoms with Crippen molar-refractivity contribution in [3.8, 4) is 0 Å². The summed E-state index contributed by atoms with van der Waals surface area (Å²) in [5.41, 5.74) is 0. The van der Waals surface area contributed by atoms with Gasteiger partial charge in [0, 0.05) is 19.1 Å². The van der Waals surface area contributed by atoms with E-state index in [-0.39, 0.29) is 0 Å². The molecule has 0 radical (unpaired) electrons. The van der Waals surface area contributed by atoms with Crippen molar-refractivity contribution in [3.63, 3.8) is 0 Å². The topological polar surface area (TPSA) is 15.3 Å². The van der Waals surface area contributed by atoms with Crippen LogP contribution in [0.2, 0.25) is 0 Å². The van der Waals surface area contributed by atoms with Crippen molar-refractivity contribution in [1.82, 2.24) is 10.2 Å². The molecule has 15 heavy (non-hydrogen) atoms. The number of likely N-dealkylation sites (N-methyl/N-ethyl adjacent to an activating group) is 1. The highest BCUT2D eigenvalue weighted by Gasteiger charge is 2.26. The smallest absolute Gasteiger partial charge is 0.0221 e. The number of hydrogen-bond acceptors (Lipinski definition) is 2. The van der Waals surface area contributed by atoms with Gasteiger partial charge in [0.25, 0.3) is 0 Å². The molecule has 2 heteroatoms. The molecule has 2 rings (SSSR count). The highest BCUT2D eigenvalue weighted by Crippen LogP contribution is 2.27. The number of nitrogens with one attached hydrogen (secondary N) is 1. The summed E-state index contributed by atoms with van der Waals surface area (Å²) in [5, 5.41) is 3.64. The molecule has 2 atom stereocenters. The lowest BCUT2D eigenvalue weighted by molar-refractivity contribution is 0.166. The molecule has 2 aliphatic rings. The summed E-state index contributed by atoms with van der Waals surface area (Å²) < 4.78 is 0. The Morgan fingerprint density at radius 1 is 1.20 bits per heavy atom. The summed E-state index contributed by atoms with van der Waals surface area (Å²) in [6.07, 6.45) is 5.79. The molecule has 1 heterocycles. The molecule has 1 aliphatic carbocycles. The molecule has 0 aromatic carbocycles. The van der Waals surface area contributed by atoms with Crippen molar-refractivity contribution in [3.05, 3.63) is 0 Å². The number of rotatable bonds is 5. The Kier molecular flexibility index (Phi) is 4.04. The van der Waals surface area contributed by atoms with Gasteiger partial charge in [0.05, 0.1) is 0 Å². The predicted octanol–water partition coefficient (Wildman–Crippen LogP) is 2.11. The lowest BCUT2D eigenvalue weighted by Crippen LogP contribution is -2.42. The van der Waals surface area contributed by atoms with Crippen molar-refractivity contribution in [1.29, 1.82) is 0 Å². The van der Waals surface area contributed by atoms with E-state index in [1.165, 1.54) is 51.9 Å². The maximum atomic E-state index is 3.64. The molecule has 1 aliphatic heterocycles. The summed E-state index contributed by atoms with van der Waals surface area (Å²) in [7, 11) is 0. The quantitative estimate of drug-likeness (QED) is 0.747. The third-order valence-corrected chi connectivity index (χ3v) is 4.34. The van der Waals surface area contributed by atoms with Crippen LogP contribution in [0, 0.1) is 11.8 Å². The average molecular weight is 210 g/mol. The van der Waals surface area contributed by atoms with Crippen LogP contribution in [0.3, 0.4) is 0 Å². The molecule has 1 saturated carbocycles. The van der Waals surface area contributed by atoms with Gasteiger partial charge in [0.15, 0.2) is 0 Å². The van der Waals surface area contributed by atoms with E-state index in [1.807, 2.05) is 0 Å². The van der Waals surface area contributed by atoms with Crippen molar-refractivity contribution >= 4 is 0 Å². The number of nitrogens with zero attached hydrogens (tertiary/aromatic N) is 1. The zero-order valence-electron chi connectivity index (χ0n) is 10.3. The van der Waals surface area contributed by atoms with E-state index in [0.29, 0.717) is 0 Å². The first kappa shape index (κ1) is 11.4. The van der Waals surface area contributed by atoms with Gasteiger partial charge in [-0.3, -0.25) is 0 Å². The molecule has 88 valence electrons. The minimum absolute atomic E-state index is 0.755. The zero-order chi connectivity index (χ0) is 10.7. The first-order valence-electron chi connectivity index (χ1n) is 6.75. The van der Waals surface area contributed by atoms with Crippen molar-refractivity contribution in [2.75, 3.05) is 26.2 Å². The Hall–Kier alpha value is -0.0800. The van der Waals surface area contributed by atoms with Gasteiger partial charge in [0.1, 0.15) is 0 Å². The Balaban J connectivity index is 1.73. The fourth-order valence-corrected chi connectivity index (χ4v) is 2.79. The Morgan fingerprint density at radius 3 is 2.47 bits per heavy atom. The van der Waals surface area contributed by atoms with Gasteiger partial charge in [-0.05, 0) is 44.2 Å². The molecule has 0 amide bonds. The lowest BCUT2D eigenvalue weighted by atomic mass is 9.85. The van der Waals surface area contributed by atoms with Crippen LogP contribution in [0.15, 0.2) is 0 Å². The fraction of sp³-hybridized carbons (Fsp3) is 1.00. The van der Waals surface area contributed by atoms with Gasteiger partial charge in [-0.15, -0.1) is 0 Å². The maximum absolute atomic E-state index is 3.64. The van der Waals surface area contributed by atoms with E-state index in [0.717, 1.165) is 17.9 Å². The third kappa shape index (κ3) is 2.94. The molecule has 0 spiro atoms. The van der Waals surface area contributed by atoms with Crippen molar-refractivity contribution in [2.24, 2.45) is 11.8 Å². The van der Waals surface area contributed by atoms with E-state index >= 15 is 0 Å². The largest absolute Gasteiger partial charge is 0.312 e. The summed E-state index contributed by atoms with van der Waals surface area (Å²) in [6.45, 7) is 9.77. The van der Waals surface area contributed by atoms with Crippen LogP contribution in [0.25, 0.3) is 0 Å². The Bertz CT molecular complexity index is 189. The van der Waals surface area contributed by atoms with Crippen molar-refractivity contribution < 1.29 is 0 Å². The molecular weight excluding hydrogens is 184 g/mol. The average Bonchev–Trinajstić information content (AvgIpc) is 2.56. The van der Waals surface area contributed by atoms with Crippen LogP contribution in [-0.2, 0) is 0 Å². The highest BCUT2D eigenvalue weighted by atomic mass is 15.2. The molecule has 1 N–H and O–H groups in total. The lowest BCUT2D eigenvalue weighted by Gasteiger charge is -2.33.